The number of likely N-dealkylation sites (N-methyl/N-ethyl adjacent to an activating group) is 2. The van der Waals surface area contributed by atoms with Crippen molar-refractivity contribution in [1.82, 2.24) is 25.5 Å². The monoisotopic (exact) mass is 381 g/mol. The summed E-state index contributed by atoms with van der Waals surface area (Å²) in [6.45, 7) is 1.29. The van der Waals surface area contributed by atoms with E-state index in [1.165, 1.54) is 29.4 Å². The van der Waals surface area contributed by atoms with Crippen LogP contribution in [0.4, 0.5) is 4.39 Å². The number of nitrogens with one attached hydrogen (secondary N) is 2. The van der Waals surface area contributed by atoms with Crippen molar-refractivity contribution in [1.29, 1.82) is 0 Å². The van der Waals surface area contributed by atoms with Gasteiger partial charge in [0.1, 0.15) is 5.82 Å². The van der Waals surface area contributed by atoms with Gasteiger partial charge in [0.25, 0.3) is 11.8 Å². The second-order valence-electron chi connectivity index (χ2n) is 5.39. The number of carbonyl (C=O) groups excluding carboxylic acids is 2. The highest BCUT2D eigenvalue weighted by molar-refractivity contribution is 6.04. The number of hydrogen-bond donors (Lipinski definition) is 2. The van der Waals surface area contributed by atoms with Gasteiger partial charge in [0.15, 0.2) is 11.4 Å². The van der Waals surface area contributed by atoms with Crippen molar-refractivity contribution in [3.63, 3.8) is 0 Å². The third-order valence-electron chi connectivity index (χ3n) is 3.53. The summed E-state index contributed by atoms with van der Waals surface area (Å²) < 4.78 is 12.9. The Bertz CT molecular complexity index is 742. The molecule has 7 nitrogen and oxygen atoms in total. The standard InChI is InChI=1S/C17H20FN5O2.ClH/c1-19-9-10-23(2)17(25)15-14(20-7-8-21-15)16(24)22-11-12-3-5-13(18)6-4-12;/h3-8,19H,9-11H2,1-2H3,(H,22,24);1H. The van der Waals surface area contributed by atoms with Crippen LogP contribution in [0.3, 0.4) is 0 Å². The molecule has 2 aromatic rings. The zero-order valence-corrected chi connectivity index (χ0v) is 15.3. The van der Waals surface area contributed by atoms with E-state index in [9.17, 15) is 14.0 Å². The average Bonchev–Trinajstić information content (AvgIpc) is 2.64. The number of benzene rings is 1. The molecule has 0 aliphatic carbocycles. The first kappa shape index (κ1) is 21.5. The number of carbonyl (C=O) groups is 2. The largest absolute Gasteiger partial charge is 0.347 e. The number of hydrogen-bond acceptors (Lipinski definition) is 5. The molecule has 0 fully saturated rings. The molecule has 0 aliphatic heterocycles. The van der Waals surface area contributed by atoms with Crippen LogP contribution in [0.25, 0.3) is 0 Å². The third kappa shape index (κ3) is 5.75. The van der Waals surface area contributed by atoms with Crippen molar-refractivity contribution in [2.45, 2.75) is 6.54 Å². The molecule has 0 atom stereocenters. The molecule has 1 aromatic heterocycles. The van der Waals surface area contributed by atoms with Crippen LogP contribution in [0, 0.1) is 5.82 Å². The molecule has 0 radical (unpaired) electrons. The Hall–Kier alpha value is -2.58. The van der Waals surface area contributed by atoms with Gasteiger partial charge in [0, 0.05) is 39.1 Å². The highest BCUT2D eigenvalue weighted by atomic mass is 35.5. The van der Waals surface area contributed by atoms with Gasteiger partial charge in [-0.25, -0.2) is 14.4 Å². The number of rotatable bonds is 7. The van der Waals surface area contributed by atoms with E-state index in [0.717, 1.165) is 5.56 Å². The Morgan fingerprint density at radius 1 is 1.12 bits per heavy atom. The summed E-state index contributed by atoms with van der Waals surface area (Å²) in [6.07, 6.45) is 2.73. The number of amides is 2. The van der Waals surface area contributed by atoms with Crippen LogP contribution in [0.2, 0.25) is 0 Å². The van der Waals surface area contributed by atoms with Gasteiger partial charge in [-0.1, -0.05) is 12.1 Å². The van der Waals surface area contributed by atoms with Crippen LogP contribution >= 0.6 is 12.4 Å². The fraction of sp³-hybridized carbons (Fsp3) is 0.294. The number of aromatic nitrogens is 2. The van der Waals surface area contributed by atoms with Crippen LogP contribution in [0.1, 0.15) is 26.5 Å². The van der Waals surface area contributed by atoms with Gasteiger partial charge in [-0.05, 0) is 24.7 Å². The van der Waals surface area contributed by atoms with E-state index in [2.05, 4.69) is 20.6 Å². The van der Waals surface area contributed by atoms with E-state index in [-0.39, 0.29) is 42.1 Å². The first-order valence-corrected chi connectivity index (χ1v) is 7.76. The van der Waals surface area contributed by atoms with E-state index in [0.29, 0.717) is 13.1 Å². The van der Waals surface area contributed by atoms with Gasteiger partial charge < -0.3 is 15.5 Å². The molecule has 26 heavy (non-hydrogen) atoms. The molecule has 2 N–H and O–H groups in total. The molecule has 1 aromatic carbocycles. The van der Waals surface area contributed by atoms with Crippen LogP contribution in [-0.4, -0.2) is 53.9 Å². The minimum Gasteiger partial charge on any atom is -0.347 e. The minimum absolute atomic E-state index is 0. The molecule has 0 aliphatic rings. The van der Waals surface area contributed by atoms with Gasteiger partial charge in [-0.3, -0.25) is 9.59 Å². The molecule has 0 bridgehead atoms. The Balaban J connectivity index is 0.00000338. The molecule has 0 saturated heterocycles. The maximum Gasteiger partial charge on any atom is 0.274 e. The van der Waals surface area contributed by atoms with Crippen LogP contribution in [0.5, 0.6) is 0 Å². The lowest BCUT2D eigenvalue weighted by atomic mass is 10.2. The molecule has 140 valence electrons. The fourth-order valence-corrected chi connectivity index (χ4v) is 2.09. The molecule has 1 heterocycles. The molecule has 2 amide bonds. The summed E-state index contributed by atoms with van der Waals surface area (Å²) in [5.41, 5.74) is 0.696. The predicted molar refractivity (Wildman–Crippen MR) is 97.7 cm³/mol. The number of nitrogens with zero attached hydrogens (tertiary/aromatic N) is 3. The lowest BCUT2D eigenvalue weighted by Crippen LogP contribution is -2.35. The van der Waals surface area contributed by atoms with Crippen LogP contribution in [-0.2, 0) is 6.54 Å². The van der Waals surface area contributed by atoms with Crippen molar-refractivity contribution in [3.8, 4) is 0 Å². The molecule has 2 rings (SSSR count). The second-order valence-corrected chi connectivity index (χ2v) is 5.39. The van der Waals surface area contributed by atoms with Crippen molar-refractivity contribution in [2.24, 2.45) is 0 Å². The number of halogens is 2. The SMILES string of the molecule is CNCCN(C)C(=O)c1nccnc1C(=O)NCc1ccc(F)cc1.Cl. The zero-order valence-electron chi connectivity index (χ0n) is 14.5. The van der Waals surface area contributed by atoms with E-state index in [4.69, 9.17) is 0 Å². The summed E-state index contributed by atoms with van der Waals surface area (Å²) in [5, 5.41) is 5.61. The topological polar surface area (TPSA) is 87.2 Å². The third-order valence-corrected chi connectivity index (χ3v) is 3.53. The Labute approximate surface area is 157 Å². The highest BCUT2D eigenvalue weighted by Gasteiger charge is 2.22. The maximum atomic E-state index is 12.9. The Kier molecular flexibility index (Phi) is 8.60. The van der Waals surface area contributed by atoms with Crippen molar-refractivity contribution >= 4 is 24.2 Å². The van der Waals surface area contributed by atoms with Crippen LogP contribution in [0.15, 0.2) is 36.7 Å². The van der Waals surface area contributed by atoms with Gasteiger partial charge >= 0.3 is 0 Å². The molecular formula is C17H21ClFN5O2. The van der Waals surface area contributed by atoms with Gasteiger partial charge in [0.2, 0.25) is 0 Å². The van der Waals surface area contributed by atoms with Crippen molar-refractivity contribution in [2.75, 3.05) is 27.2 Å². The van der Waals surface area contributed by atoms with Crippen molar-refractivity contribution < 1.29 is 14.0 Å². The van der Waals surface area contributed by atoms with Gasteiger partial charge in [-0.15, -0.1) is 12.4 Å². The predicted octanol–water partition coefficient (Wildman–Crippen LogP) is 1.26. The Morgan fingerprint density at radius 3 is 2.35 bits per heavy atom. The van der Waals surface area contributed by atoms with E-state index < -0.39 is 5.91 Å². The highest BCUT2D eigenvalue weighted by Crippen LogP contribution is 2.07. The summed E-state index contributed by atoms with van der Waals surface area (Å²) in [4.78, 5) is 34.3. The Morgan fingerprint density at radius 2 is 1.73 bits per heavy atom. The molecule has 9 heteroatoms. The quantitative estimate of drug-likeness (QED) is 0.754. The average molecular weight is 382 g/mol. The fourth-order valence-electron chi connectivity index (χ4n) is 2.09. The summed E-state index contributed by atoms with van der Waals surface area (Å²) in [7, 11) is 3.42. The minimum atomic E-state index is -0.511. The van der Waals surface area contributed by atoms with Crippen LogP contribution < -0.4 is 10.6 Å². The zero-order chi connectivity index (χ0) is 18.2. The first-order valence-electron chi connectivity index (χ1n) is 7.76. The lowest BCUT2D eigenvalue weighted by Gasteiger charge is -2.17. The van der Waals surface area contributed by atoms with E-state index in [1.807, 2.05) is 0 Å². The second kappa shape index (κ2) is 10.4. The van der Waals surface area contributed by atoms with Gasteiger partial charge in [-0.2, -0.15) is 0 Å². The molecular weight excluding hydrogens is 361 g/mol. The van der Waals surface area contributed by atoms with Crippen molar-refractivity contribution in [3.05, 3.63) is 59.4 Å². The summed E-state index contributed by atoms with van der Waals surface area (Å²) >= 11 is 0. The van der Waals surface area contributed by atoms with E-state index >= 15 is 0 Å². The van der Waals surface area contributed by atoms with Gasteiger partial charge in [0.05, 0.1) is 0 Å². The first-order chi connectivity index (χ1) is 12.0. The lowest BCUT2D eigenvalue weighted by molar-refractivity contribution is 0.0781. The van der Waals surface area contributed by atoms with E-state index in [1.54, 1.807) is 26.2 Å². The molecule has 0 spiro atoms. The normalized spacial score (nSPS) is 9.96. The smallest absolute Gasteiger partial charge is 0.274 e. The molecule has 0 saturated carbocycles. The maximum absolute atomic E-state index is 12.9. The molecule has 0 unspecified atom stereocenters. The summed E-state index contributed by atoms with van der Waals surface area (Å²) in [6, 6.07) is 5.78. The summed E-state index contributed by atoms with van der Waals surface area (Å²) in [5.74, 6) is -1.24.